The van der Waals surface area contributed by atoms with Crippen LogP contribution in [-0.4, -0.2) is 48.0 Å². The van der Waals surface area contributed by atoms with Crippen molar-refractivity contribution in [2.45, 2.75) is 117 Å². The molecular formula is C31H54O5Si2. The van der Waals surface area contributed by atoms with Crippen LogP contribution in [0.4, 0.5) is 0 Å². The molecule has 0 aromatic heterocycles. The number of carbonyl (C=O) groups is 1. The molecule has 1 rings (SSSR count). The highest BCUT2D eigenvalue weighted by Gasteiger charge is 2.42. The molecule has 0 N–H and O–H groups in total. The molecule has 0 fully saturated rings. The van der Waals surface area contributed by atoms with Crippen LogP contribution in [0.25, 0.3) is 0 Å². The summed E-state index contributed by atoms with van der Waals surface area (Å²) in [5.74, 6) is 5.37. The van der Waals surface area contributed by atoms with E-state index in [0.29, 0.717) is 19.8 Å². The Labute approximate surface area is 235 Å². The Morgan fingerprint density at radius 3 is 1.92 bits per heavy atom. The maximum Gasteiger partial charge on any atom is 0.384 e. The fraction of sp³-hybridized carbons (Fsp3) is 0.710. The lowest BCUT2D eigenvalue weighted by Crippen LogP contribution is -2.48. The maximum atomic E-state index is 12.3. The molecule has 0 spiro atoms. The van der Waals surface area contributed by atoms with Gasteiger partial charge >= 0.3 is 5.97 Å². The van der Waals surface area contributed by atoms with Crippen LogP contribution >= 0.6 is 0 Å². The first-order valence-corrected chi connectivity index (χ1v) is 19.7. The number of esters is 1. The quantitative estimate of drug-likeness (QED) is 0.112. The average molecular weight is 563 g/mol. The summed E-state index contributed by atoms with van der Waals surface area (Å²) in [7, 11) is -4.16. The molecule has 7 heteroatoms. The predicted octanol–water partition coefficient (Wildman–Crippen LogP) is 7.82. The van der Waals surface area contributed by atoms with Crippen molar-refractivity contribution in [3.63, 3.8) is 0 Å². The molecular weight excluding hydrogens is 509 g/mol. The van der Waals surface area contributed by atoms with E-state index in [1.807, 2.05) is 32.0 Å². The largest absolute Gasteiger partial charge is 0.453 e. The van der Waals surface area contributed by atoms with Gasteiger partial charge in [-0.3, -0.25) is 0 Å². The molecule has 0 aliphatic heterocycles. The molecule has 0 unspecified atom stereocenters. The lowest BCUT2D eigenvalue weighted by atomic mass is 9.90. The lowest BCUT2D eigenvalue weighted by Gasteiger charge is -2.42. The standard InChI is InChI=1S/C31H54O5Si2/c1-24(2)35-29(32)20-19-28(36-38(12,13)31(7,8)9)25(3)27(23-34-37(10,11)30(4,5)6)22-33-21-26-17-15-14-16-18-26/h14-18,24-25,27-28H,21-23H2,1-13H3/t25-,27+,28+/m0/s1. The lowest BCUT2D eigenvalue weighted by molar-refractivity contribution is -0.140. The van der Waals surface area contributed by atoms with Crippen molar-refractivity contribution in [2.24, 2.45) is 11.8 Å². The molecule has 1 aromatic rings. The molecule has 0 saturated heterocycles. The summed E-state index contributed by atoms with van der Waals surface area (Å²) in [5, 5.41) is 0.102. The van der Waals surface area contributed by atoms with Gasteiger partial charge in [-0.15, -0.1) is 0 Å². The van der Waals surface area contributed by atoms with Crippen molar-refractivity contribution in [3.05, 3.63) is 35.9 Å². The van der Waals surface area contributed by atoms with Crippen LogP contribution in [0, 0.1) is 23.7 Å². The first kappa shape index (κ1) is 34.6. The van der Waals surface area contributed by atoms with Gasteiger partial charge in [0.2, 0.25) is 0 Å². The van der Waals surface area contributed by atoms with Crippen molar-refractivity contribution in [2.75, 3.05) is 13.2 Å². The van der Waals surface area contributed by atoms with E-state index in [9.17, 15) is 4.79 Å². The number of hydrogen-bond acceptors (Lipinski definition) is 5. The topological polar surface area (TPSA) is 54.0 Å². The Bertz CT molecular complexity index is 918. The Balaban J connectivity index is 3.28. The highest BCUT2D eigenvalue weighted by Crippen LogP contribution is 2.40. The van der Waals surface area contributed by atoms with E-state index in [1.54, 1.807) is 0 Å². The van der Waals surface area contributed by atoms with Crippen molar-refractivity contribution >= 4 is 22.6 Å². The summed E-state index contributed by atoms with van der Waals surface area (Å²) in [6.45, 7) is 29.7. The van der Waals surface area contributed by atoms with Gasteiger partial charge in [0.05, 0.1) is 19.3 Å². The van der Waals surface area contributed by atoms with Gasteiger partial charge in [-0.25, -0.2) is 4.79 Å². The molecule has 0 heterocycles. The minimum absolute atomic E-state index is 0.00202. The molecule has 0 bridgehead atoms. The molecule has 0 aliphatic rings. The van der Waals surface area contributed by atoms with Crippen molar-refractivity contribution in [1.29, 1.82) is 0 Å². The van der Waals surface area contributed by atoms with Gasteiger partial charge in [-0.05, 0) is 61.6 Å². The number of benzene rings is 1. The zero-order chi connectivity index (χ0) is 29.4. The van der Waals surface area contributed by atoms with Gasteiger partial charge in [0.1, 0.15) is 6.10 Å². The first-order chi connectivity index (χ1) is 17.3. The highest BCUT2D eigenvalue weighted by molar-refractivity contribution is 6.74. The van der Waals surface area contributed by atoms with Gasteiger partial charge in [0, 0.05) is 18.4 Å². The van der Waals surface area contributed by atoms with Crippen LogP contribution in [0.2, 0.25) is 36.3 Å². The van der Waals surface area contributed by atoms with Crippen LogP contribution in [0.3, 0.4) is 0 Å². The Morgan fingerprint density at radius 2 is 1.42 bits per heavy atom. The minimum atomic E-state index is -2.18. The SMILES string of the molecule is CC(C)OC(=O)C#C[C@@H](O[Si](C)(C)C(C)(C)C)[C@@H](C)[C@H](COCc1ccccc1)CO[Si](C)(C)C(C)(C)C. The van der Waals surface area contributed by atoms with E-state index >= 15 is 0 Å². The molecule has 0 amide bonds. The van der Waals surface area contributed by atoms with E-state index in [4.69, 9.17) is 18.3 Å². The molecule has 1 aromatic carbocycles. The van der Waals surface area contributed by atoms with Gasteiger partial charge in [0.25, 0.3) is 0 Å². The van der Waals surface area contributed by atoms with Crippen LogP contribution in [0.5, 0.6) is 0 Å². The second-order valence-electron chi connectivity index (χ2n) is 13.7. The van der Waals surface area contributed by atoms with Crippen LogP contribution in [0.1, 0.15) is 67.9 Å². The molecule has 0 aliphatic carbocycles. The Morgan fingerprint density at radius 1 is 0.868 bits per heavy atom. The van der Waals surface area contributed by atoms with E-state index < -0.39 is 28.7 Å². The highest BCUT2D eigenvalue weighted by atomic mass is 28.4. The number of ether oxygens (including phenoxy) is 2. The monoisotopic (exact) mass is 562 g/mol. The first-order valence-electron chi connectivity index (χ1n) is 13.9. The Kier molecular flexibility index (Phi) is 13.0. The van der Waals surface area contributed by atoms with Gasteiger partial charge < -0.3 is 18.3 Å². The van der Waals surface area contributed by atoms with Gasteiger partial charge in [-0.2, -0.15) is 0 Å². The van der Waals surface area contributed by atoms with E-state index in [1.165, 1.54) is 0 Å². The summed E-state index contributed by atoms with van der Waals surface area (Å²) in [4.78, 5) is 12.3. The zero-order valence-electron chi connectivity index (χ0n) is 26.4. The van der Waals surface area contributed by atoms with Crippen LogP contribution in [-0.2, 0) is 29.7 Å². The number of rotatable bonds is 12. The molecule has 0 radical (unpaired) electrons. The van der Waals surface area contributed by atoms with Crippen molar-refractivity contribution in [3.8, 4) is 11.8 Å². The van der Waals surface area contributed by atoms with Gasteiger partial charge in [-0.1, -0.05) is 84.7 Å². The Hall–Kier alpha value is -1.44. The molecule has 38 heavy (non-hydrogen) atoms. The summed E-state index contributed by atoms with van der Waals surface area (Å²) < 4.78 is 25.0. The predicted molar refractivity (Wildman–Crippen MR) is 163 cm³/mol. The van der Waals surface area contributed by atoms with Crippen LogP contribution in [0.15, 0.2) is 30.3 Å². The second-order valence-corrected chi connectivity index (χ2v) is 23.3. The van der Waals surface area contributed by atoms with E-state index in [-0.39, 0.29) is 28.0 Å². The third kappa shape index (κ3) is 11.4. The minimum Gasteiger partial charge on any atom is -0.453 e. The van der Waals surface area contributed by atoms with Crippen molar-refractivity contribution in [1.82, 2.24) is 0 Å². The summed E-state index contributed by atoms with van der Waals surface area (Å²) in [6, 6.07) is 10.2. The van der Waals surface area contributed by atoms with E-state index in [0.717, 1.165) is 5.56 Å². The second kappa shape index (κ2) is 14.3. The summed E-state index contributed by atoms with van der Waals surface area (Å²) in [6.07, 6.45) is -0.657. The third-order valence-electron chi connectivity index (χ3n) is 8.02. The third-order valence-corrected chi connectivity index (χ3v) is 17.0. The van der Waals surface area contributed by atoms with Crippen molar-refractivity contribution < 1.29 is 23.1 Å². The number of carbonyl (C=O) groups excluding carboxylic acids is 1. The molecule has 0 saturated carbocycles. The fourth-order valence-corrected chi connectivity index (χ4v) is 5.49. The van der Waals surface area contributed by atoms with E-state index in [2.05, 4.69) is 98.6 Å². The average Bonchev–Trinajstić information content (AvgIpc) is 2.77. The molecule has 216 valence electrons. The zero-order valence-corrected chi connectivity index (χ0v) is 28.4. The fourth-order valence-electron chi connectivity index (χ4n) is 3.17. The summed E-state index contributed by atoms with van der Waals surface area (Å²) in [5.41, 5.74) is 1.13. The normalized spacial score (nSPS) is 15.4. The smallest absolute Gasteiger partial charge is 0.384 e. The van der Waals surface area contributed by atoms with Gasteiger partial charge in [0.15, 0.2) is 16.6 Å². The summed E-state index contributed by atoms with van der Waals surface area (Å²) >= 11 is 0. The number of hydrogen-bond donors (Lipinski definition) is 0. The van der Waals surface area contributed by atoms with Crippen LogP contribution < -0.4 is 0 Å². The molecule has 5 nitrogen and oxygen atoms in total. The maximum absolute atomic E-state index is 12.3. The molecule has 3 atom stereocenters.